The third-order valence-electron chi connectivity index (χ3n) is 5.44. The number of para-hydroxylation sites is 1. The highest BCUT2D eigenvalue weighted by Gasteiger charge is 2.24. The van der Waals surface area contributed by atoms with Crippen LogP contribution in [-0.2, 0) is 4.79 Å². The summed E-state index contributed by atoms with van der Waals surface area (Å²) < 4.78 is 23.0. The zero-order valence-corrected chi connectivity index (χ0v) is 18.2. The summed E-state index contributed by atoms with van der Waals surface area (Å²) in [6.07, 6.45) is 6.86. The lowest BCUT2D eigenvalue weighted by Crippen LogP contribution is -2.06. The Morgan fingerprint density at radius 2 is 2.00 bits per heavy atom. The van der Waals surface area contributed by atoms with Gasteiger partial charge in [-0.05, 0) is 43.0 Å². The molecule has 1 aromatic heterocycles. The van der Waals surface area contributed by atoms with Gasteiger partial charge >= 0.3 is 0 Å². The minimum Gasteiger partial charge on any atom is -0.493 e. The van der Waals surface area contributed by atoms with E-state index in [1.165, 1.54) is 12.8 Å². The minimum absolute atomic E-state index is 0.263. The van der Waals surface area contributed by atoms with Crippen molar-refractivity contribution < 1.29 is 23.4 Å². The molecule has 0 spiro atoms. The second kappa shape index (κ2) is 10.2. The summed E-state index contributed by atoms with van der Waals surface area (Å²) >= 11 is 0. The molecule has 1 fully saturated rings. The van der Waals surface area contributed by atoms with Gasteiger partial charge in [0.05, 0.1) is 19.4 Å². The van der Waals surface area contributed by atoms with E-state index in [9.17, 15) is 4.79 Å². The van der Waals surface area contributed by atoms with Gasteiger partial charge in [-0.2, -0.15) is 0 Å². The summed E-state index contributed by atoms with van der Waals surface area (Å²) in [5, 5.41) is 0. The molecule has 1 aliphatic carbocycles. The van der Waals surface area contributed by atoms with E-state index in [2.05, 4.69) is 6.58 Å². The first-order chi connectivity index (χ1) is 15.7. The number of carbonyl (C=O) groups excluding carboxylic acids is 1. The first-order valence-electron chi connectivity index (χ1n) is 10.8. The molecule has 0 amide bonds. The molecular weight excluding hydrogens is 406 g/mol. The zero-order chi connectivity index (χ0) is 22.3. The van der Waals surface area contributed by atoms with Crippen molar-refractivity contribution in [3.63, 3.8) is 0 Å². The summed E-state index contributed by atoms with van der Waals surface area (Å²) in [5.74, 6) is 2.85. The van der Waals surface area contributed by atoms with Crippen LogP contribution in [0.2, 0.25) is 0 Å². The molecule has 1 unspecified atom stereocenters. The van der Waals surface area contributed by atoms with Gasteiger partial charge in [-0.3, -0.25) is 0 Å². The number of ether oxygens (including phenoxy) is 3. The van der Waals surface area contributed by atoms with Crippen molar-refractivity contribution >= 4 is 6.29 Å². The van der Waals surface area contributed by atoms with Crippen LogP contribution in [0.4, 0.5) is 0 Å². The highest BCUT2D eigenvalue weighted by Crippen LogP contribution is 2.37. The Balaban J connectivity index is 1.62. The van der Waals surface area contributed by atoms with Crippen LogP contribution in [0.5, 0.6) is 17.2 Å². The van der Waals surface area contributed by atoms with Crippen LogP contribution in [0.15, 0.2) is 65.8 Å². The molecule has 32 heavy (non-hydrogen) atoms. The van der Waals surface area contributed by atoms with E-state index in [-0.39, 0.29) is 12.3 Å². The average molecular weight is 434 g/mol. The van der Waals surface area contributed by atoms with Crippen molar-refractivity contribution in [3.8, 4) is 28.7 Å². The van der Waals surface area contributed by atoms with Gasteiger partial charge in [0, 0.05) is 23.5 Å². The third-order valence-corrected chi connectivity index (χ3v) is 5.44. The van der Waals surface area contributed by atoms with Crippen molar-refractivity contribution in [1.82, 2.24) is 4.98 Å². The van der Waals surface area contributed by atoms with Crippen LogP contribution in [0, 0.1) is 5.92 Å². The molecule has 2 aromatic carbocycles. The largest absolute Gasteiger partial charge is 0.493 e. The maximum absolute atomic E-state index is 11.5. The predicted molar refractivity (Wildman–Crippen MR) is 121 cm³/mol. The van der Waals surface area contributed by atoms with E-state index in [0.717, 1.165) is 17.4 Å². The van der Waals surface area contributed by atoms with Gasteiger partial charge in [0.15, 0.2) is 11.5 Å². The number of benzene rings is 2. The molecule has 6 heteroatoms. The number of rotatable bonds is 12. The highest BCUT2D eigenvalue weighted by molar-refractivity contribution is 5.61. The molecule has 0 N–H and O–H groups in total. The van der Waals surface area contributed by atoms with E-state index < -0.39 is 0 Å². The SMILES string of the molecule is C=CCOc1ccccc1C(CC=O)c1coc(-c2ccc(OC)c(OCC3CC3)c2)n1. The third kappa shape index (κ3) is 5.02. The summed E-state index contributed by atoms with van der Waals surface area (Å²) in [7, 11) is 1.62. The van der Waals surface area contributed by atoms with Gasteiger partial charge in [-0.25, -0.2) is 4.98 Å². The molecule has 1 heterocycles. The summed E-state index contributed by atoms with van der Waals surface area (Å²) in [6.45, 7) is 4.76. The summed E-state index contributed by atoms with van der Waals surface area (Å²) in [5.41, 5.74) is 2.33. The Hall–Kier alpha value is -3.54. The number of hydrogen-bond donors (Lipinski definition) is 0. The number of hydrogen-bond acceptors (Lipinski definition) is 6. The monoisotopic (exact) mass is 433 g/mol. The quantitative estimate of drug-likeness (QED) is 0.280. The fourth-order valence-corrected chi connectivity index (χ4v) is 3.55. The molecule has 4 rings (SSSR count). The molecule has 1 aliphatic rings. The van der Waals surface area contributed by atoms with Crippen LogP contribution in [0.1, 0.15) is 36.4 Å². The Labute approximate surface area is 187 Å². The fraction of sp³-hybridized carbons (Fsp3) is 0.308. The lowest BCUT2D eigenvalue weighted by atomic mass is 9.92. The predicted octanol–water partition coefficient (Wildman–Crippen LogP) is 5.42. The maximum Gasteiger partial charge on any atom is 0.226 e. The zero-order valence-electron chi connectivity index (χ0n) is 18.2. The molecule has 3 aromatic rings. The smallest absolute Gasteiger partial charge is 0.226 e. The van der Waals surface area contributed by atoms with Gasteiger partial charge in [-0.1, -0.05) is 30.9 Å². The second-order valence-electron chi connectivity index (χ2n) is 7.79. The van der Waals surface area contributed by atoms with Crippen LogP contribution in [0.25, 0.3) is 11.5 Å². The Morgan fingerprint density at radius 3 is 2.75 bits per heavy atom. The summed E-state index contributed by atoms with van der Waals surface area (Å²) in [4.78, 5) is 16.2. The van der Waals surface area contributed by atoms with Gasteiger partial charge < -0.3 is 23.4 Å². The van der Waals surface area contributed by atoms with Crippen molar-refractivity contribution in [2.24, 2.45) is 5.92 Å². The van der Waals surface area contributed by atoms with Gasteiger partial charge in [-0.15, -0.1) is 0 Å². The normalized spacial score (nSPS) is 13.9. The van der Waals surface area contributed by atoms with Crippen molar-refractivity contribution in [2.45, 2.75) is 25.2 Å². The van der Waals surface area contributed by atoms with Gasteiger partial charge in [0.25, 0.3) is 0 Å². The molecule has 0 bridgehead atoms. The number of nitrogens with zero attached hydrogens (tertiary/aromatic N) is 1. The average Bonchev–Trinajstić information content (AvgIpc) is 3.54. The van der Waals surface area contributed by atoms with Crippen molar-refractivity contribution in [3.05, 3.63) is 72.6 Å². The molecular formula is C26H27NO5. The number of methoxy groups -OCH3 is 1. The van der Waals surface area contributed by atoms with E-state index >= 15 is 0 Å². The molecule has 0 aliphatic heterocycles. The Kier molecular flexibility index (Phi) is 6.90. The first-order valence-corrected chi connectivity index (χ1v) is 10.8. The fourth-order valence-electron chi connectivity index (χ4n) is 3.55. The first kappa shape index (κ1) is 21.7. The number of aldehydes is 1. The molecule has 166 valence electrons. The topological polar surface area (TPSA) is 70.8 Å². The van der Waals surface area contributed by atoms with Crippen molar-refractivity contribution in [1.29, 1.82) is 0 Å². The van der Waals surface area contributed by atoms with Gasteiger partial charge in [0.2, 0.25) is 5.89 Å². The van der Waals surface area contributed by atoms with E-state index in [1.54, 1.807) is 19.4 Å². The minimum atomic E-state index is -0.283. The molecule has 6 nitrogen and oxygen atoms in total. The Morgan fingerprint density at radius 1 is 1.16 bits per heavy atom. The van der Waals surface area contributed by atoms with Crippen LogP contribution < -0.4 is 14.2 Å². The van der Waals surface area contributed by atoms with Crippen LogP contribution >= 0.6 is 0 Å². The molecule has 1 atom stereocenters. The van der Waals surface area contributed by atoms with Crippen LogP contribution in [0.3, 0.4) is 0 Å². The number of oxazole rings is 1. The second-order valence-corrected chi connectivity index (χ2v) is 7.79. The van der Waals surface area contributed by atoms with E-state index in [0.29, 0.717) is 48.0 Å². The molecule has 1 saturated carbocycles. The molecule has 0 radical (unpaired) electrons. The van der Waals surface area contributed by atoms with Gasteiger partial charge in [0.1, 0.15) is 24.9 Å². The van der Waals surface area contributed by atoms with E-state index in [4.69, 9.17) is 23.6 Å². The van der Waals surface area contributed by atoms with Crippen LogP contribution in [-0.4, -0.2) is 31.6 Å². The summed E-state index contributed by atoms with van der Waals surface area (Å²) in [6, 6.07) is 13.3. The van der Waals surface area contributed by atoms with E-state index in [1.807, 2.05) is 42.5 Å². The maximum atomic E-state index is 11.5. The highest BCUT2D eigenvalue weighted by atomic mass is 16.5. The Bertz CT molecular complexity index is 1070. The standard InChI is InChI=1S/C26H27NO5/c1-3-14-30-23-7-5-4-6-21(23)20(12-13-28)22-17-32-26(27-22)19-10-11-24(29-2)25(15-19)31-16-18-8-9-18/h3-7,10-11,13,15,17-18,20H,1,8-9,12,14,16H2,2H3. The lowest BCUT2D eigenvalue weighted by Gasteiger charge is -2.16. The molecule has 0 saturated heterocycles. The number of carbonyl (C=O) groups is 1. The lowest BCUT2D eigenvalue weighted by molar-refractivity contribution is -0.108. The van der Waals surface area contributed by atoms with Crippen molar-refractivity contribution in [2.75, 3.05) is 20.3 Å². The number of aromatic nitrogens is 1.